The minimum absolute atomic E-state index is 0.587. The van der Waals surface area contributed by atoms with Gasteiger partial charge in [0, 0.05) is 13.1 Å². The van der Waals surface area contributed by atoms with E-state index in [-0.39, 0.29) is 0 Å². The van der Waals surface area contributed by atoms with Gasteiger partial charge in [0.05, 0.1) is 0 Å². The van der Waals surface area contributed by atoms with Gasteiger partial charge in [-0.25, -0.2) is 0 Å². The normalized spacial score (nSPS) is 19.1. The van der Waals surface area contributed by atoms with E-state index in [0.717, 1.165) is 19.6 Å². The highest BCUT2D eigenvalue weighted by Gasteiger charge is 2.27. The quantitative estimate of drug-likeness (QED) is 0.848. The van der Waals surface area contributed by atoms with E-state index in [9.17, 15) is 0 Å². The van der Waals surface area contributed by atoms with Crippen LogP contribution in [0, 0.1) is 5.41 Å². The third-order valence-electron chi connectivity index (χ3n) is 4.89. The van der Waals surface area contributed by atoms with E-state index in [2.05, 4.69) is 55.3 Å². The molecule has 0 atom stereocenters. The smallest absolute Gasteiger partial charge is 0.0233 e. The lowest BCUT2D eigenvalue weighted by molar-refractivity contribution is 0.109. The summed E-state index contributed by atoms with van der Waals surface area (Å²) in [5, 5.41) is 3.40. The first-order valence-corrected chi connectivity index (χ1v) is 8.16. The number of benzene rings is 1. The minimum atomic E-state index is 0.587. The van der Waals surface area contributed by atoms with Gasteiger partial charge in [0.2, 0.25) is 0 Å². The Bertz CT molecular complexity index is 406. The van der Waals surface area contributed by atoms with Crippen LogP contribution >= 0.6 is 0 Å². The molecule has 0 unspecified atom stereocenters. The molecule has 1 saturated heterocycles. The first-order valence-electron chi connectivity index (χ1n) is 8.16. The van der Waals surface area contributed by atoms with E-state index in [1.165, 1.54) is 43.5 Å². The van der Waals surface area contributed by atoms with Gasteiger partial charge in [0.15, 0.2) is 0 Å². The fraction of sp³-hybridized carbons (Fsp3) is 0.667. The zero-order valence-corrected chi connectivity index (χ0v) is 13.4. The van der Waals surface area contributed by atoms with Gasteiger partial charge in [-0.05, 0) is 49.0 Å². The Balaban J connectivity index is 1.88. The number of hydrogen-bond acceptors (Lipinski definition) is 2. The van der Waals surface area contributed by atoms with Crippen LogP contribution in [0.3, 0.4) is 0 Å². The monoisotopic (exact) mass is 274 g/mol. The first-order chi connectivity index (χ1) is 9.65. The van der Waals surface area contributed by atoms with Crippen molar-refractivity contribution >= 4 is 0 Å². The summed E-state index contributed by atoms with van der Waals surface area (Å²) in [5.41, 5.74) is 3.45. The van der Waals surface area contributed by atoms with Gasteiger partial charge in [-0.15, -0.1) is 0 Å². The molecule has 1 N–H and O–H groups in total. The maximum atomic E-state index is 3.40. The Kier molecular flexibility index (Phi) is 5.62. The summed E-state index contributed by atoms with van der Waals surface area (Å²) >= 11 is 0. The highest BCUT2D eigenvalue weighted by Crippen LogP contribution is 2.34. The molecule has 0 spiro atoms. The molecule has 0 aliphatic carbocycles. The van der Waals surface area contributed by atoms with Crippen LogP contribution in [0.1, 0.15) is 51.2 Å². The lowest BCUT2D eigenvalue weighted by atomic mass is 9.78. The molecular formula is C18H30N2. The summed E-state index contributed by atoms with van der Waals surface area (Å²) in [4.78, 5) is 2.61. The molecule has 1 heterocycles. The van der Waals surface area contributed by atoms with Crippen LogP contribution in [0.15, 0.2) is 24.3 Å². The molecule has 20 heavy (non-hydrogen) atoms. The van der Waals surface area contributed by atoms with E-state index in [1.54, 1.807) is 0 Å². The van der Waals surface area contributed by atoms with Gasteiger partial charge in [-0.1, -0.05) is 51.5 Å². The van der Waals surface area contributed by atoms with Gasteiger partial charge in [-0.3, -0.25) is 4.90 Å². The Morgan fingerprint density at radius 1 is 1.15 bits per heavy atom. The summed E-state index contributed by atoms with van der Waals surface area (Å²) in [6.45, 7) is 12.6. The zero-order valence-electron chi connectivity index (χ0n) is 13.4. The predicted octanol–water partition coefficient (Wildman–Crippen LogP) is 3.81. The molecule has 1 aromatic carbocycles. The van der Waals surface area contributed by atoms with Gasteiger partial charge < -0.3 is 5.32 Å². The molecule has 0 radical (unpaired) electrons. The van der Waals surface area contributed by atoms with Crippen molar-refractivity contribution in [2.45, 2.75) is 53.1 Å². The van der Waals surface area contributed by atoms with E-state index in [1.807, 2.05) is 0 Å². The fourth-order valence-electron chi connectivity index (χ4n) is 2.97. The predicted molar refractivity (Wildman–Crippen MR) is 86.7 cm³/mol. The molecule has 2 heteroatoms. The minimum Gasteiger partial charge on any atom is -0.313 e. The first kappa shape index (κ1) is 15.5. The van der Waals surface area contributed by atoms with Gasteiger partial charge >= 0.3 is 0 Å². The molecular weight excluding hydrogens is 244 g/mol. The number of piperidine rings is 1. The van der Waals surface area contributed by atoms with Crippen LogP contribution in [0.25, 0.3) is 0 Å². The van der Waals surface area contributed by atoms with E-state index >= 15 is 0 Å². The zero-order chi connectivity index (χ0) is 14.4. The van der Waals surface area contributed by atoms with Crippen molar-refractivity contribution in [2.24, 2.45) is 5.41 Å². The second-order valence-corrected chi connectivity index (χ2v) is 6.54. The van der Waals surface area contributed by atoms with Crippen LogP contribution in [-0.4, -0.2) is 24.5 Å². The van der Waals surface area contributed by atoms with Crippen molar-refractivity contribution in [1.82, 2.24) is 10.2 Å². The largest absolute Gasteiger partial charge is 0.313 e. The Hall–Kier alpha value is -0.860. The van der Waals surface area contributed by atoms with Crippen LogP contribution in [0.4, 0.5) is 0 Å². The molecule has 1 aliphatic heterocycles. The topological polar surface area (TPSA) is 15.3 Å². The van der Waals surface area contributed by atoms with Crippen molar-refractivity contribution in [3.8, 4) is 0 Å². The Morgan fingerprint density at radius 2 is 1.85 bits per heavy atom. The van der Waals surface area contributed by atoms with Crippen LogP contribution < -0.4 is 5.32 Å². The Morgan fingerprint density at radius 3 is 2.50 bits per heavy atom. The van der Waals surface area contributed by atoms with Gasteiger partial charge in [0.1, 0.15) is 0 Å². The second-order valence-electron chi connectivity index (χ2n) is 6.54. The lowest BCUT2D eigenvalue weighted by Gasteiger charge is -2.39. The van der Waals surface area contributed by atoms with E-state index in [4.69, 9.17) is 0 Å². The van der Waals surface area contributed by atoms with Crippen molar-refractivity contribution in [3.63, 3.8) is 0 Å². The van der Waals surface area contributed by atoms with Crippen molar-refractivity contribution < 1.29 is 0 Å². The summed E-state index contributed by atoms with van der Waals surface area (Å²) in [5.74, 6) is 0. The maximum absolute atomic E-state index is 3.40. The highest BCUT2D eigenvalue weighted by atomic mass is 15.1. The molecule has 0 bridgehead atoms. The van der Waals surface area contributed by atoms with Crippen LogP contribution in [0.2, 0.25) is 0 Å². The Labute approximate surface area is 124 Å². The van der Waals surface area contributed by atoms with Crippen molar-refractivity contribution in [2.75, 3.05) is 19.6 Å². The number of rotatable bonds is 6. The summed E-state index contributed by atoms with van der Waals surface area (Å²) in [6, 6.07) is 9.04. The molecule has 0 aromatic heterocycles. The maximum Gasteiger partial charge on any atom is 0.0233 e. The summed E-state index contributed by atoms with van der Waals surface area (Å²) in [7, 11) is 0. The van der Waals surface area contributed by atoms with Gasteiger partial charge in [-0.2, -0.15) is 0 Å². The summed E-state index contributed by atoms with van der Waals surface area (Å²) < 4.78 is 0. The van der Waals surface area contributed by atoms with E-state index in [0.29, 0.717) is 5.41 Å². The number of hydrogen-bond donors (Lipinski definition) is 1. The molecule has 2 rings (SSSR count). The molecule has 0 saturated carbocycles. The van der Waals surface area contributed by atoms with E-state index < -0.39 is 0 Å². The molecule has 2 nitrogen and oxygen atoms in total. The van der Waals surface area contributed by atoms with Crippen LogP contribution in [-0.2, 0) is 13.1 Å². The molecule has 1 aliphatic rings. The van der Waals surface area contributed by atoms with Crippen molar-refractivity contribution in [1.29, 1.82) is 0 Å². The number of likely N-dealkylation sites (tertiary alicyclic amines) is 1. The molecule has 0 amide bonds. The molecule has 112 valence electrons. The second kappa shape index (κ2) is 7.24. The highest BCUT2D eigenvalue weighted by molar-refractivity contribution is 5.23. The third-order valence-corrected chi connectivity index (χ3v) is 4.89. The standard InChI is InChI=1S/C18H30N2/c1-4-18(3)9-11-20(12-10-18)15-17-8-6-7-16(13-17)14-19-5-2/h6-8,13,19H,4-5,9-12,14-15H2,1-3H3. The number of nitrogens with one attached hydrogen (secondary N) is 1. The summed E-state index contributed by atoms with van der Waals surface area (Å²) in [6.07, 6.45) is 4.01. The average Bonchev–Trinajstić information content (AvgIpc) is 2.48. The third kappa shape index (κ3) is 4.32. The SMILES string of the molecule is CCNCc1cccc(CN2CCC(C)(CC)CC2)c1. The number of nitrogens with zero attached hydrogens (tertiary/aromatic N) is 1. The fourth-order valence-corrected chi connectivity index (χ4v) is 2.97. The average molecular weight is 274 g/mol. The lowest BCUT2D eigenvalue weighted by Crippen LogP contribution is -2.37. The molecule has 1 fully saturated rings. The van der Waals surface area contributed by atoms with Gasteiger partial charge in [0.25, 0.3) is 0 Å². The van der Waals surface area contributed by atoms with Crippen LogP contribution in [0.5, 0.6) is 0 Å². The van der Waals surface area contributed by atoms with Crippen molar-refractivity contribution in [3.05, 3.63) is 35.4 Å². The molecule has 1 aromatic rings.